The second-order valence-corrected chi connectivity index (χ2v) is 5.34. The summed E-state index contributed by atoms with van der Waals surface area (Å²) in [6.07, 6.45) is 2.94. The van der Waals surface area contributed by atoms with Crippen molar-refractivity contribution in [1.29, 1.82) is 0 Å². The summed E-state index contributed by atoms with van der Waals surface area (Å²) in [6.45, 7) is 7.58. The molecular formula is C16H25N3O2. The third kappa shape index (κ3) is 4.17. The first-order chi connectivity index (χ1) is 10.2. The van der Waals surface area contributed by atoms with Crippen LogP contribution in [0.25, 0.3) is 0 Å². The molecule has 1 heterocycles. The van der Waals surface area contributed by atoms with Gasteiger partial charge in [-0.25, -0.2) is 4.98 Å². The molecule has 0 radical (unpaired) electrons. The maximum Gasteiger partial charge on any atom is 0.251 e. The van der Waals surface area contributed by atoms with E-state index in [0.29, 0.717) is 11.7 Å². The molecule has 2 rings (SSSR count). The molecule has 21 heavy (non-hydrogen) atoms. The highest BCUT2D eigenvalue weighted by Gasteiger charge is 2.30. The van der Waals surface area contributed by atoms with Crippen molar-refractivity contribution in [2.24, 2.45) is 0 Å². The molecule has 1 aromatic heterocycles. The van der Waals surface area contributed by atoms with Gasteiger partial charge < -0.3 is 15.4 Å². The van der Waals surface area contributed by atoms with Gasteiger partial charge in [0.25, 0.3) is 5.91 Å². The Morgan fingerprint density at radius 2 is 2.10 bits per heavy atom. The zero-order chi connectivity index (χ0) is 15.2. The van der Waals surface area contributed by atoms with Gasteiger partial charge in [0.15, 0.2) is 0 Å². The third-order valence-corrected chi connectivity index (χ3v) is 3.69. The molecule has 5 heteroatoms. The summed E-state index contributed by atoms with van der Waals surface area (Å²) >= 11 is 0. The van der Waals surface area contributed by atoms with Crippen LogP contribution in [0.5, 0.6) is 0 Å². The van der Waals surface area contributed by atoms with Crippen LogP contribution >= 0.6 is 0 Å². The molecule has 0 aliphatic heterocycles. The molecule has 1 fully saturated rings. The number of aryl methyl sites for hydroxylation is 1. The minimum atomic E-state index is -0.0220. The minimum Gasteiger partial charge on any atom is -0.378 e. The highest BCUT2D eigenvalue weighted by atomic mass is 16.5. The van der Waals surface area contributed by atoms with Gasteiger partial charge in [0.2, 0.25) is 0 Å². The SMILES string of the molecule is CCNc1cc(C(=O)NC2CC(OCC)C2)cc(CC)n1. The van der Waals surface area contributed by atoms with Crippen molar-refractivity contribution in [2.75, 3.05) is 18.5 Å². The maximum atomic E-state index is 12.3. The Bertz CT molecular complexity index is 484. The normalized spacial score (nSPS) is 20.7. The van der Waals surface area contributed by atoms with Crippen molar-refractivity contribution in [3.05, 3.63) is 23.4 Å². The second kappa shape index (κ2) is 7.41. The molecule has 1 aliphatic rings. The van der Waals surface area contributed by atoms with E-state index in [1.807, 2.05) is 32.9 Å². The molecule has 1 aliphatic carbocycles. The van der Waals surface area contributed by atoms with Gasteiger partial charge in [0, 0.05) is 30.5 Å². The average Bonchev–Trinajstić information content (AvgIpc) is 2.45. The van der Waals surface area contributed by atoms with E-state index in [2.05, 4.69) is 15.6 Å². The number of pyridine rings is 1. The minimum absolute atomic E-state index is 0.0220. The highest BCUT2D eigenvalue weighted by molar-refractivity contribution is 5.95. The molecule has 0 bridgehead atoms. The van der Waals surface area contributed by atoms with E-state index < -0.39 is 0 Å². The summed E-state index contributed by atoms with van der Waals surface area (Å²) < 4.78 is 5.51. The Balaban J connectivity index is 1.97. The molecule has 1 saturated carbocycles. The Hall–Kier alpha value is -1.62. The summed E-state index contributed by atoms with van der Waals surface area (Å²) in [5.74, 6) is 0.744. The number of nitrogens with one attached hydrogen (secondary N) is 2. The van der Waals surface area contributed by atoms with Crippen LogP contribution in [-0.2, 0) is 11.2 Å². The van der Waals surface area contributed by atoms with E-state index in [-0.39, 0.29) is 11.9 Å². The molecule has 0 unspecified atom stereocenters. The van der Waals surface area contributed by atoms with Crippen LogP contribution in [-0.4, -0.2) is 36.2 Å². The lowest BCUT2D eigenvalue weighted by molar-refractivity contribution is -0.00862. The summed E-state index contributed by atoms with van der Waals surface area (Å²) in [5.41, 5.74) is 1.61. The van der Waals surface area contributed by atoms with Crippen LogP contribution in [0.1, 0.15) is 49.7 Å². The Morgan fingerprint density at radius 3 is 2.71 bits per heavy atom. The number of carbonyl (C=O) groups is 1. The van der Waals surface area contributed by atoms with Gasteiger partial charge in [-0.2, -0.15) is 0 Å². The fraction of sp³-hybridized carbons (Fsp3) is 0.625. The lowest BCUT2D eigenvalue weighted by atomic mass is 9.89. The Morgan fingerprint density at radius 1 is 1.33 bits per heavy atom. The number of nitrogens with zero attached hydrogens (tertiary/aromatic N) is 1. The zero-order valence-electron chi connectivity index (χ0n) is 13.1. The first-order valence-electron chi connectivity index (χ1n) is 7.83. The standard InChI is InChI=1S/C16H25N3O2/c1-4-12-7-11(8-15(18-12)17-5-2)16(20)19-13-9-14(10-13)21-6-3/h7-8,13-14H,4-6,9-10H2,1-3H3,(H,17,18)(H,19,20). The molecule has 0 atom stereocenters. The van der Waals surface area contributed by atoms with E-state index in [1.165, 1.54) is 0 Å². The molecule has 5 nitrogen and oxygen atoms in total. The number of carbonyl (C=O) groups excluding carboxylic acids is 1. The van der Waals surface area contributed by atoms with Crippen molar-refractivity contribution >= 4 is 11.7 Å². The summed E-state index contributed by atoms with van der Waals surface area (Å²) in [7, 11) is 0. The topological polar surface area (TPSA) is 63.2 Å². The molecule has 0 aromatic carbocycles. The second-order valence-electron chi connectivity index (χ2n) is 5.34. The number of ether oxygens (including phenoxy) is 1. The summed E-state index contributed by atoms with van der Waals surface area (Å²) in [6, 6.07) is 3.92. The lowest BCUT2D eigenvalue weighted by Crippen LogP contribution is -2.47. The number of aromatic nitrogens is 1. The number of anilines is 1. The van der Waals surface area contributed by atoms with E-state index in [9.17, 15) is 4.79 Å². The fourth-order valence-corrected chi connectivity index (χ4v) is 2.50. The van der Waals surface area contributed by atoms with Crippen LogP contribution in [0.2, 0.25) is 0 Å². The van der Waals surface area contributed by atoms with Gasteiger partial charge >= 0.3 is 0 Å². The van der Waals surface area contributed by atoms with Gasteiger partial charge in [-0.05, 0) is 45.2 Å². The third-order valence-electron chi connectivity index (χ3n) is 3.69. The van der Waals surface area contributed by atoms with Crippen molar-refractivity contribution in [2.45, 2.75) is 52.2 Å². The van der Waals surface area contributed by atoms with Gasteiger partial charge in [-0.1, -0.05) is 6.92 Å². The first kappa shape index (κ1) is 15.8. The van der Waals surface area contributed by atoms with Crippen LogP contribution in [0.15, 0.2) is 12.1 Å². The largest absolute Gasteiger partial charge is 0.378 e. The smallest absolute Gasteiger partial charge is 0.251 e. The predicted octanol–water partition coefficient (Wildman–Crippen LogP) is 2.37. The van der Waals surface area contributed by atoms with E-state index in [0.717, 1.165) is 43.9 Å². The number of hydrogen-bond acceptors (Lipinski definition) is 4. The lowest BCUT2D eigenvalue weighted by Gasteiger charge is -2.35. The molecule has 0 saturated heterocycles. The van der Waals surface area contributed by atoms with Gasteiger partial charge in [-0.15, -0.1) is 0 Å². The van der Waals surface area contributed by atoms with E-state index in [4.69, 9.17) is 4.74 Å². The zero-order valence-corrected chi connectivity index (χ0v) is 13.1. The number of rotatable bonds is 7. The maximum absolute atomic E-state index is 12.3. The first-order valence-corrected chi connectivity index (χ1v) is 7.83. The average molecular weight is 291 g/mol. The quantitative estimate of drug-likeness (QED) is 0.809. The molecule has 1 amide bonds. The van der Waals surface area contributed by atoms with E-state index in [1.54, 1.807) is 0 Å². The van der Waals surface area contributed by atoms with Crippen LogP contribution in [0.4, 0.5) is 5.82 Å². The molecular weight excluding hydrogens is 266 g/mol. The molecule has 2 N–H and O–H groups in total. The van der Waals surface area contributed by atoms with Crippen molar-refractivity contribution in [3.63, 3.8) is 0 Å². The summed E-state index contributed by atoms with van der Waals surface area (Å²) in [5, 5.41) is 6.24. The van der Waals surface area contributed by atoms with Crippen molar-refractivity contribution < 1.29 is 9.53 Å². The monoisotopic (exact) mass is 291 g/mol. The predicted molar refractivity (Wildman–Crippen MR) is 83.7 cm³/mol. The number of amides is 1. The van der Waals surface area contributed by atoms with Crippen LogP contribution in [0.3, 0.4) is 0 Å². The molecule has 116 valence electrons. The Kier molecular flexibility index (Phi) is 5.56. The van der Waals surface area contributed by atoms with Crippen LogP contribution in [0, 0.1) is 0 Å². The molecule has 1 aromatic rings. The van der Waals surface area contributed by atoms with Crippen molar-refractivity contribution in [1.82, 2.24) is 10.3 Å². The fourth-order valence-electron chi connectivity index (χ4n) is 2.50. The Labute approximate surface area is 126 Å². The van der Waals surface area contributed by atoms with Crippen molar-refractivity contribution in [3.8, 4) is 0 Å². The highest BCUT2D eigenvalue weighted by Crippen LogP contribution is 2.23. The van der Waals surface area contributed by atoms with Gasteiger partial charge in [0.05, 0.1) is 6.10 Å². The molecule has 0 spiro atoms. The van der Waals surface area contributed by atoms with Gasteiger partial charge in [0.1, 0.15) is 5.82 Å². The van der Waals surface area contributed by atoms with Crippen LogP contribution < -0.4 is 10.6 Å². The number of hydrogen-bond donors (Lipinski definition) is 2. The van der Waals surface area contributed by atoms with E-state index >= 15 is 0 Å². The summed E-state index contributed by atoms with van der Waals surface area (Å²) in [4.78, 5) is 16.8. The van der Waals surface area contributed by atoms with Gasteiger partial charge in [-0.3, -0.25) is 4.79 Å².